The zero-order chi connectivity index (χ0) is 22.4. The summed E-state index contributed by atoms with van der Waals surface area (Å²) in [4.78, 5) is 31.5. The van der Waals surface area contributed by atoms with Gasteiger partial charge in [-0.1, -0.05) is 12.1 Å². The maximum atomic E-state index is 13.4. The molecular formula is C21H26FN7O2. The van der Waals surface area contributed by atoms with Crippen molar-refractivity contribution in [2.45, 2.75) is 26.8 Å². The van der Waals surface area contributed by atoms with E-state index >= 15 is 0 Å². The highest BCUT2D eigenvalue weighted by molar-refractivity contribution is 5.96. The number of carbonyl (C=O) groups is 2. The highest BCUT2D eigenvalue weighted by Crippen LogP contribution is 2.22. The van der Waals surface area contributed by atoms with Gasteiger partial charge in [-0.2, -0.15) is 5.10 Å². The molecule has 31 heavy (non-hydrogen) atoms. The molecule has 1 unspecified atom stereocenters. The number of anilines is 2. The molecule has 0 radical (unpaired) electrons. The lowest BCUT2D eigenvalue weighted by Gasteiger charge is -2.26. The average molecular weight is 427 g/mol. The van der Waals surface area contributed by atoms with E-state index in [0.29, 0.717) is 42.4 Å². The summed E-state index contributed by atoms with van der Waals surface area (Å²) >= 11 is 0. The Morgan fingerprint density at radius 1 is 1.16 bits per heavy atom. The number of aromatic nitrogens is 3. The molecule has 1 atom stereocenters. The monoisotopic (exact) mass is 427 g/mol. The summed E-state index contributed by atoms with van der Waals surface area (Å²) in [5, 5.41) is 16.3. The lowest BCUT2D eigenvalue weighted by Crippen LogP contribution is -2.44. The maximum absolute atomic E-state index is 13.4. The van der Waals surface area contributed by atoms with Crippen molar-refractivity contribution in [3.63, 3.8) is 0 Å². The minimum absolute atomic E-state index is 0.279. The molecule has 0 aliphatic heterocycles. The van der Waals surface area contributed by atoms with E-state index in [9.17, 15) is 14.0 Å². The second-order valence-electron chi connectivity index (χ2n) is 6.81. The van der Waals surface area contributed by atoms with E-state index in [1.807, 2.05) is 20.8 Å². The zero-order valence-electron chi connectivity index (χ0n) is 17.7. The van der Waals surface area contributed by atoms with Gasteiger partial charge in [0.25, 0.3) is 0 Å². The number of H-pyrrole nitrogens is 1. The van der Waals surface area contributed by atoms with Gasteiger partial charge >= 0.3 is 6.03 Å². The number of nitrogens with zero attached hydrogens (tertiary/aromatic N) is 3. The number of aromatic amines is 1. The maximum Gasteiger partial charge on any atom is 0.321 e. The van der Waals surface area contributed by atoms with Crippen LogP contribution in [0.5, 0.6) is 0 Å². The minimum atomic E-state index is -0.961. The Morgan fingerprint density at radius 3 is 2.52 bits per heavy atom. The molecule has 0 spiro atoms. The van der Waals surface area contributed by atoms with E-state index in [1.165, 1.54) is 24.3 Å². The van der Waals surface area contributed by atoms with Gasteiger partial charge in [-0.15, -0.1) is 0 Å². The first-order valence-corrected chi connectivity index (χ1v) is 10.2. The van der Waals surface area contributed by atoms with Crippen LogP contribution in [0.2, 0.25) is 0 Å². The Labute approximate surface area is 179 Å². The number of fused-ring (bicyclic) bond motifs is 1. The van der Waals surface area contributed by atoms with Gasteiger partial charge in [-0.3, -0.25) is 15.2 Å². The Morgan fingerprint density at radius 2 is 1.87 bits per heavy atom. The van der Waals surface area contributed by atoms with E-state index < -0.39 is 17.9 Å². The number of hydrogen-bond acceptors (Lipinski definition) is 5. The summed E-state index contributed by atoms with van der Waals surface area (Å²) in [6.45, 7) is 7.37. The fraction of sp³-hybridized carbons (Fsp3) is 0.333. The number of likely N-dealkylation sites (N-methyl/N-ethyl adjacent to an activating group) is 1. The van der Waals surface area contributed by atoms with Gasteiger partial charge in [0.2, 0.25) is 5.91 Å². The molecule has 2 aromatic heterocycles. The van der Waals surface area contributed by atoms with E-state index in [0.717, 1.165) is 5.39 Å². The lowest BCUT2D eigenvalue weighted by atomic mass is 10.1. The third kappa shape index (κ3) is 5.08. The van der Waals surface area contributed by atoms with Crippen molar-refractivity contribution >= 4 is 34.5 Å². The minimum Gasteiger partial charge on any atom is -0.368 e. The number of benzene rings is 1. The van der Waals surface area contributed by atoms with Crippen LogP contribution in [0.25, 0.3) is 10.9 Å². The van der Waals surface area contributed by atoms with Gasteiger partial charge in [0.15, 0.2) is 5.82 Å². The number of hydrogen-bond donors (Lipinski definition) is 4. The van der Waals surface area contributed by atoms with Crippen LogP contribution in [0.4, 0.5) is 20.8 Å². The first-order valence-electron chi connectivity index (χ1n) is 10.2. The largest absolute Gasteiger partial charge is 0.368 e. The molecule has 3 aromatic rings. The molecule has 0 aliphatic rings. The Kier molecular flexibility index (Phi) is 7.01. The fourth-order valence-electron chi connectivity index (χ4n) is 3.23. The molecule has 0 saturated carbocycles. The molecule has 2 heterocycles. The number of amides is 3. The van der Waals surface area contributed by atoms with Crippen LogP contribution >= 0.6 is 0 Å². The molecule has 10 heteroatoms. The normalized spacial score (nSPS) is 11.7. The SMILES string of the molecule is CCNc1n[nH]c2cc(NC(=O)NC(C(=O)N(CC)CC)c3ccc(F)cc3)ncc12. The van der Waals surface area contributed by atoms with Crippen LogP contribution in [0.3, 0.4) is 0 Å². The van der Waals surface area contributed by atoms with Crippen LogP contribution in [-0.4, -0.2) is 51.7 Å². The third-order valence-electron chi connectivity index (χ3n) is 4.83. The van der Waals surface area contributed by atoms with Gasteiger partial charge in [0.05, 0.1) is 10.9 Å². The van der Waals surface area contributed by atoms with E-state index in [2.05, 4.69) is 31.1 Å². The number of halogens is 1. The predicted molar refractivity (Wildman–Crippen MR) is 117 cm³/mol. The average Bonchev–Trinajstić information content (AvgIpc) is 3.16. The molecule has 3 rings (SSSR count). The third-order valence-corrected chi connectivity index (χ3v) is 4.83. The summed E-state index contributed by atoms with van der Waals surface area (Å²) in [7, 11) is 0. The van der Waals surface area contributed by atoms with Crippen molar-refractivity contribution in [3.8, 4) is 0 Å². The second kappa shape index (κ2) is 9.88. The van der Waals surface area contributed by atoms with Crippen LogP contribution in [0.1, 0.15) is 32.4 Å². The second-order valence-corrected chi connectivity index (χ2v) is 6.81. The summed E-state index contributed by atoms with van der Waals surface area (Å²) in [5.41, 5.74) is 1.19. The van der Waals surface area contributed by atoms with Gasteiger partial charge < -0.3 is 15.5 Å². The molecule has 9 nitrogen and oxygen atoms in total. The van der Waals surface area contributed by atoms with Crippen molar-refractivity contribution in [2.75, 3.05) is 30.3 Å². The van der Waals surface area contributed by atoms with Gasteiger partial charge in [-0.05, 0) is 38.5 Å². The van der Waals surface area contributed by atoms with Crippen molar-refractivity contribution in [2.24, 2.45) is 0 Å². The fourth-order valence-corrected chi connectivity index (χ4v) is 3.23. The molecule has 0 fully saturated rings. The summed E-state index contributed by atoms with van der Waals surface area (Å²) in [6.07, 6.45) is 1.60. The van der Waals surface area contributed by atoms with Crippen LogP contribution < -0.4 is 16.0 Å². The molecule has 1 aromatic carbocycles. The number of rotatable bonds is 8. The van der Waals surface area contributed by atoms with E-state index in [1.54, 1.807) is 17.2 Å². The molecule has 0 saturated heterocycles. The van der Waals surface area contributed by atoms with Gasteiger partial charge in [-0.25, -0.2) is 14.2 Å². The van der Waals surface area contributed by atoms with Crippen LogP contribution in [-0.2, 0) is 4.79 Å². The lowest BCUT2D eigenvalue weighted by molar-refractivity contribution is -0.133. The van der Waals surface area contributed by atoms with Gasteiger partial charge in [0, 0.05) is 31.9 Å². The standard InChI is InChI=1S/C21H26FN7O2/c1-4-23-19-15-12-24-17(11-16(15)27-28-19)25-21(31)26-18(20(30)29(5-2)6-3)13-7-9-14(22)10-8-13/h7-12,18H,4-6H2,1-3H3,(H2,23,27,28)(H2,24,25,26,31). The van der Waals surface area contributed by atoms with Crippen molar-refractivity contribution in [1.29, 1.82) is 0 Å². The molecule has 0 bridgehead atoms. The first kappa shape index (κ1) is 22.0. The van der Waals surface area contributed by atoms with Gasteiger partial charge in [0.1, 0.15) is 17.7 Å². The number of pyridine rings is 1. The zero-order valence-corrected chi connectivity index (χ0v) is 17.7. The number of carbonyl (C=O) groups excluding carboxylic acids is 2. The quantitative estimate of drug-likeness (QED) is 0.440. The Balaban J connectivity index is 1.79. The van der Waals surface area contributed by atoms with E-state index in [4.69, 9.17) is 0 Å². The summed E-state index contributed by atoms with van der Waals surface area (Å²) in [6, 6.07) is 5.57. The van der Waals surface area contributed by atoms with Crippen molar-refractivity contribution in [1.82, 2.24) is 25.4 Å². The van der Waals surface area contributed by atoms with Crippen molar-refractivity contribution in [3.05, 3.63) is 47.9 Å². The summed E-state index contributed by atoms with van der Waals surface area (Å²) in [5.74, 6) is 0.280. The highest BCUT2D eigenvalue weighted by atomic mass is 19.1. The molecule has 0 aliphatic carbocycles. The predicted octanol–water partition coefficient (Wildman–Crippen LogP) is 3.26. The number of urea groups is 1. The topological polar surface area (TPSA) is 115 Å². The Hall–Kier alpha value is -3.69. The number of nitrogens with one attached hydrogen (secondary N) is 4. The van der Waals surface area contributed by atoms with Crippen LogP contribution in [0.15, 0.2) is 36.5 Å². The highest BCUT2D eigenvalue weighted by Gasteiger charge is 2.26. The van der Waals surface area contributed by atoms with Crippen LogP contribution in [0, 0.1) is 5.82 Å². The molecular weight excluding hydrogens is 401 g/mol. The molecule has 3 amide bonds. The Bertz CT molecular complexity index is 1050. The van der Waals surface area contributed by atoms with Crippen molar-refractivity contribution < 1.29 is 14.0 Å². The molecule has 4 N–H and O–H groups in total. The smallest absolute Gasteiger partial charge is 0.321 e. The van der Waals surface area contributed by atoms with E-state index in [-0.39, 0.29) is 5.91 Å². The molecule has 164 valence electrons. The first-order chi connectivity index (χ1) is 15.0. The summed E-state index contributed by atoms with van der Waals surface area (Å²) < 4.78 is 13.4.